The van der Waals surface area contributed by atoms with E-state index in [1.807, 2.05) is 12.1 Å². The molecule has 0 radical (unpaired) electrons. The number of nitrogens with zero attached hydrogens (tertiary/aromatic N) is 3. The standard InChI is InChI=1S/C20H20ClF2N5O.HI/c1-12(16-7-6-15(22)11-17(16)23)26-20(24-2)25-9-8-18-27-19(28-29-18)13-4-3-5-14(21)10-13;/h3-7,10-12H,8-9H2,1-2H3,(H2,24,25,26);1H. The van der Waals surface area contributed by atoms with Gasteiger partial charge in [0.15, 0.2) is 5.96 Å². The van der Waals surface area contributed by atoms with E-state index in [1.165, 1.54) is 12.1 Å². The van der Waals surface area contributed by atoms with Crippen LogP contribution in [0, 0.1) is 11.6 Å². The van der Waals surface area contributed by atoms with E-state index in [-0.39, 0.29) is 24.0 Å². The number of aromatic nitrogens is 2. The zero-order chi connectivity index (χ0) is 20.8. The first-order valence-electron chi connectivity index (χ1n) is 8.97. The van der Waals surface area contributed by atoms with Gasteiger partial charge in [0.1, 0.15) is 11.6 Å². The predicted octanol–water partition coefficient (Wildman–Crippen LogP) is 4.75. The maximum absolute atomic E-state index is 13.9. The van der Waals surface area contributed by atoms with Crippen LogP contribution >= 0.6 is 35.6 Å². The molecule has 0 saturated carbocycles. The molecule has 0 bridgehead atoms. The van der Waals surface area contributed by atoms with Gasteiger partial charge in [0, 0.05) is 42.2 Å². The van der Waals surface area contributed by atoms with Crippen LogP contribution in [-0.4, -0.2) is 29.7 Å². The molecule has 0 aliphatic rings. The lowest BCUT2D eigenvalue weighted by atomic mass is 10.1. The minimum absolute atomic E-state index is 0. The van der Waals surface area contributed by atoms with Crippen molar-refractivity contribution in [2.75, 3.05) is 13.6 Å². The second-order valence-electron chi connectivity index (χ2n) is 6.30. The number of rotatable bonds is 6. The maximum Gasteiger partial charge on any atom is 0.228 e. The smallest absolute Gasteiger partial charge is 0.228 e. The SMILES string of the molecule is CN=C(NCCc1nc(-c2cccc(Cl)c2)no1)NC(C)c1ccc(F)cc1F.I. The molecule has 3 rings (SSSR count). The van der Waals surface area contributed by atoms with Gasteiger partial charge in [-0.05, 0) is 25.1 Å². The van der Waals surface area contributed by atoms with Crippen LogP contribution in [0.5, 0.6) is 0 Å². The van der Waals surface area contributed by atoms with Crippen LogP contribution in [0.4, 0.5) is 8.78 Å². The summed E-state index contributed by atoms with van der Waals surface area (Å²) in [7, 11) is 1.60. The normalized spacial score (nSPS) is 12.2. The first-order valence-corrected chi connectivity index (χ1v) is 9.34. The summed E-state index contributed by atoms with van der Waals surface area (Å²) in [6, 6.07) is 10.3. The molecule has 0 aliphatic heterocycles. The van der Waals surface area contributed by atoms with E-state index < -0.39 is 17.7 Å². The molecule has 3 aromatic rings. The summed E-state index contributed by atoms with van der Waals surface area (Å²) in [5.74, 6) is 0.166. The number of guanidine groups is 1. The minimum atomic E-state index is -0.613. The fourth-order valence-electron chi connectivity index (χ4n) is 2.72. The second kappa shape index (κ2) is 11.2. The molecule has 0 saturated heterocycles. The lowest BCUT2D eigenvalue weighted by molar-refractivity contribution is 0.378. The van der Waals surface area contributed by atoms with E-state index in [4.69, 9.17) is 16.1 Å². The van der Waals surface area contributed by atoms with Gasteiger partial charge in [-0.2, -0.15) is 4.98 Å². The third-order valence-corrected chi connectivity index (χ3v) is 4.42. The maximum atomic E-state index is 13.9. The van der Waals surface area contributed by atoms with Gasteiger partial charge in [-0.25, -0.2) is 8.78 Å². The highest BCUT2D eigenvalue weighted by atomic mass is 127. The lowest BCUT2D eigenvalue weighted by Gasteiger charge is -2.18. The zero-order valence-corrected chi connectivity index (χ0v) is 19.4. The molecule has 10 heteroatoms. The lowest BCUT2D eigenvalue weighted by Crippen LogP contribution is -2.39. The van der Waals surface area contributed by atoms with Crippen LogP contribution in [0.2, 0.25) is 5.02 Å². The number of aliphatic imine (C=N–C) groups is 1. The van der Waals surface area contributed by atoms with Gasteiger partial charge >= 0.3 is 0 Å². The average Bonchev–Trinajstić information content (AvgIpc) is 3.16. The molecule has 0 spiro atoms. The van der Waals surface area contributed by atoms with E-state index >= 15 is 0 Å². The number of halogens is 4. The molecule has 1 unspecified atom stereocenters. The minimum Gasteiger partial charge on any atom is -0.356 e. The summed E-state index contributed by atoms with van der Waals surface area (Å²) in [6.45, 7) is 2.23. The highest BCUT2D eigenvalue weighted by molar-refractivity contribution is 14.0. The Bertz CT molecular complexity index is 1010. The van der Waals surface area contributed by atoms with Gasteiger partial charge in [-0.1, -0.05) is 35.0 Å². The number of hydrogen-bond acceptors (Lipinski definition) is 4. The summed E-state index contributed by atoms with van der Waals surface area (Å²) in [6.07, 6.45) is 0.466. The molecule has 1 aromatic heterocycles. The number of hydrogen-bond donors (Lipinski definition) is 2. The largest absolute Gasteiger partial charge is 0.356 e. The Balaban J connectivity index is 0.00000320. The average molecular weight is 548 g/mol. The van der Waals surface area contributed by atoms with Crippen molar-refractivity contribution in [3.8, 4) is 11.4 Å². The Morgan fingerprint density at radius 2 is 2.03 bits per heavy atom. The summed E-state index contributed by atoms with van der Waals surface area (Å²) >= 11 is 5.98. The monoisotopic (exact) mass is 547 g/mol. The molecule has 160 valence electrons. The van der Waals surface area contributed by atoms with Gasteiger partial charge < -0.3 is 15.2 Å². The highest BCUT2D eigenvalue weighted by Crippen LogP contribution is 2.20. The van der Waals surface area contributed by atoms with Gasteiger partial charge in [0.05, 0.1) is 6.04 Å². The molecular formula is C20H21ClF2IN5O. The number of nitrogens with one attached hydrogen (secondary N) is 2. The first-order chi connectivity index (χ1) is 14.0. The Hall–Kier alpha value is -2.27. The van der Waals surface area contributed by atoms with Crippen LogP contribution in [0.25, 0.3) is 11.4 Å². The van der Waals surface area contributed by atoms with Crippen LogP contribution in [0.3, 0.4) is 0 Å². The molecule has 0 fully saturated rings. The summed E-state index contributed by atoms with van der Waals surface area (Å²) < 4.78 is 32.3. The third kappa shape index (κ3) is 6.36. The molecule has 30 heavy (non-hydrogen) atoms. The third-order valence-electron chi connectivity index (χ3n) is 4.19. The van der Waals surface area contributed by atoms with E-state index in [9.17, 15) is 8.78 Å². The van der Waals surface area contributed by atoms with Crippen molar-refractivity contribution in [2.45, 2.75) is 19.4 Å². The second-order valence-corrected chi connectivity index (χ2v) is 6.74. The summed E-state index contributed by atoms with van der Waals surface area (Å²) in [4.78, 5) is 8.46. The van der Waals surface area contributed by atoms with Gasteiger partial charge in [0.25, 0.3) is 0 Å². The van der Waals surface area contributed by atoms with Crippen molar-refractivity contribution in [1.82, 2.24) is 20.8 Å². The van der Waals surface area contributed by atoms with Crippen molar-refractivity contribution in [1.29, 1.82) is 0 Å². The van der Waals surface area contributed by atoms with E-state index in [0.29, 0.717) is 41.2 Å². The van der Waals surface area contributed by atoms with Crippen molar-refractivity contribution < 1.29 is 13.3 Å². The molecule has 2 N–H and O–H groups in total. The van der Waals surface area contributed by atoms with Crippen molar-refractivity contribution in [2.24, 2.45) is 4.99 Å². The zero-order valence-electron chi connectivity index (χ0n) is 16.3. The van der Waals surface area contributed by atoms with Crippen LogP contribution in [0.15, 0.2) is 52.0 Å². The summed E-state index contributed by atoms with van der Waals surface area (Å²) in [5, 5.41) is 10.7. The molecule has 2 aromatic carbocycles. The van der Waals surface area contributed by atoms with E-state index in [1.54, 1.807) is 26.1 Å². The number of benzene rings is 2. The topological polar surface area (TPSA) is 75.3 Å². The quantitative estimate of drug-likeness (QED) is 0.265. The van der Waals surface area contributed by atoms with Gasteiger partial charge in [-0.15, -0.1) is 24.0 Å². The Morgan fingerprint density at radius 3 is 2.73 bits per heavy atom. The Kier molecular flexibility index (Phi) is 8.97. The van der Waals surface area contributed by atoms with Crippen molar-refractivity contribution in [3.63, 3.8) is 0 Å². The highest BCUT2D eigenvalue weighted by Gasteiger charge is 2.14. The Morgan fingerprint density at radius 1 is 1.23 bits per heavy atom. The van der Waals surface area contributed by atoms with Crippen molar-refractivity contribution in [3.05, 3.63) is 70.6 Å². The molecule has 0 aliphatic carbocycles. The van der Waals surface area contributed by atoms with Crippen molar-refractivity contribution >= 4 is 41.5 Å². The molecule has 1 heterocycles. The van der Waals surface area contributed by atoms with Gasteiger partial charge in [-0.3, -0.25) is 4.99 Å². The predicted molar refractivity (Wildman–Crippen MR) is 123 cm³/mol. The molecule has 1 atom stereocenters. The van der Waals surface area contributed by atoms with Crippen LogP contribution < -0.4 is 10.6 Å². The molecular weight excluding hydrogens is 527 g/mol. The Labute approximate surface area is 195 Å². The van der Waals surface area contributed by atoms with E-state index in [0.717, 1.165) is 11.6 Å². The molecule has 6 nitrogen and oxygen atoms in total. The fourth-order valence-corrected chi connectivity index (χ4v) is 2.91. The summed E-state index contributed by atoms with van der Waals surface area (Å²) in [5.41, 5.74) is 1.12. The fraction of sp³-hybridized carbons (Fsp3) is 0.250. The van der Waals surface area contributed by atoms with E-state index in [2.05, 4.69) is 25.8 Å². The first kappa shape index (κ1) is 24.0. The van der Waals surface area contributed by atoms with Gasteiger partial charge in [0.2, 0.25) is 11.7 Å². The van der Waals surface area contributed by atoms with Crippen LogP contribution in [-0.2, 0) is 6.42 Å². The molecule has 0 amide bonds. The van der Waals surface area contributed by atoms with Crippen LogP contribution in [0.1, 0.15) is 24.4 Å².